The molecule has 1 aliphatic carbocycles. The standard InChI is InChI=1S/C38H56O8/c1-3-4-8-19-30(44-36-22-13-15-26-42-36)24-25-32-31(20-11-5-6-12-21-35(39)41-2)33(45-37-23-14-16-27-43-37)28-34(32)46-38(40)29-17-9-7-10-18-29/h5,7,9-11,17-18,24-25,30-34,36-37H,3-4,6,8,12-16,19-23,26-28H2,1-2H3/b11-5-,25-24+/t30-,31-,32-,33+,34-,36?,37?/m1/s1. The summed E-state index contributed by atoms with van der Waals surface area (Å²) in [6, 6.07) is 9.20. The number of ether oxygens (including phenoxy) is 6. The number of allylic oxidation sites excluding steroid dienone is 2. The molecule has 2 saturated heterocycles. The summed E-state index contributed by atoms with van der Waals surface area (Å²) < 4.78 is 36.1. The van der Waals surface area contributed by atoms with Gasteiger partial charge < -0.3 is 28.4 Å². The smallest absolute Gasteiger partial charge is 0.338 e. The Kier molecular flexibility index (Phi) is 16.3. The molecule has 1 saturated carbocycles. The SMILES string of the molecule is CCCCC[C@H](/C=C/[C@@H]1[C@@H](C/C=C\CCCC(=O)OC)[C@@H](OC2CCCCO2)C[C@H]1OC(=O)c1ccccc1)OC1CCCCO1. The van der Waals surface area contributed by atoms with Crippen molar-refractivity contribution in [3.05, 3.63) is 60.2 Å². The molecule has 8 heteroatoms. The molecular formula is C38H56O8. The Morgan fingerprint density at radius 2 is 1.70 bits per heavy atom. The summed E-state index contributed by atoms with van der Waals surface area (Å²) in [7, 11) is 1.42. The largest absolute Gasteiger partial charge is 0.469 e. The van der Waals surface area contributed by atoms with E-state index in [9.17, 15) is 9.59 Å². The summed E-state index contributed by atoms with van der Waals surface area (Å²) in [5.74, 6) is -0.491. The first-order valence-corrected chi connectivity index (χ1v) is 17.8. The van der Waals surface area contributed by atoms with E-state index in [-0.39, 0.29) is 54.7 Å². The third-order valence-electron chi connectivity index (χ3n) is 9.26. The molecule has 3 fully saturated rings. The first kappa shape index (κ1) is 36.3. The van der Waals surface area contributed by atoms with Crippen molar-refractivity contribution >= 4 is 11.9 Å². The van der Waals surface area contributed by atoms with Crippen molar-refractivity contribution in [2.75, 3.05) is 20.3 Å². The number of methoxy groups -OCH3 is 1. The minimum absolute atomic E-state index is 0.0643. The van der Waals surface area contributed by atoms with Crippen molar-refractivity contribution in [1.82, 2.24) is 0 Å². The van der Waals surface area contributed by atoms with Crippen molar-refractivity contribution in [3.63, 3.8) is 0 Å². The third-order valence-corrected chi connectivity index (χ3v) is 9.26. The quantitative estimate of drug-likeness (QED) is 0.0904. The molecule has 0 bridgehead atoms. The highest BCUT2D eigenvalue weighted by Gasteiger charge is 2.45. The molecule has 4 rings (SSSR count). The number of hydrogen-bond donors (Lipinski definition) is 0. The minimum Gasteiger partial charge on any atom is -0.469 e. The van der Waals surface area contributed by atoms with Gasteiger partial charge in [0.15, 0.2) is 12.6 Å². The molecule has 2 heterocycles. The van der Waals surface area contributed by atoms with Gasteiger partial charge in [-0.3, -0.25) is 4.79 Å². The highest BCUT2D eigenvalue weighted by Crippen LogP contribution is 2.41. The molecule has 0 amide bonds. The summed E-state index contributed by atoms with van der Waals surface area (Å²) in [5.41, 5.74) is 0.544. The van der Waals surface area contributed by atoms with Gasteiger partial charge in [0, 0.05) is 32.0 Å². The number of hydrogen-bond acceptors (Lipinski definition) is 8. The van der Waals surface area contributed by atoms with Gasteiger partial charge in [0.05, 0.1) is 24.9 Å². The molecule has 0 aromatic heterocycles. The summed E-state index contributed by atoms with van der Waals surface area (Å²) in [5, 5.41) is 0. The van der Waals surface area contributed by atoms with Crippen LogP contribution in [0.15, 0.2) is 54.6 Å². The van der Waals surface area contributed by atoms with Gasteiger partial charge in [0.2, 0.25) is 0 Å². The van der Waals surface area contributed by atoms with E-state index < -0.39 is 0 Å². The fourth-order valence-corrected chi connectivity index (χ4v) is 6.64. The second-order valence-corrected chi connectivity index (χ2v) is 12.8. The van der Waals surface area contributed by atoms with Gasteiger partial charge in [-0.25, -0.2) is 4.79 Å². The fraction of sp³-hybridized carbons (Fsp3) is 0.684. The summed E-state index contributed by atoms with van der Waals surface area (Å²) in [6.07, 6.45) is 21.5. The van der Waals surface area contributed by atoms with Crippen LogP contribution >= 0.6 is 0 Å². The molecule has 46 heavy (non-hydrogen) atoms. The van der Waals surface area contributed by atoms with E-state index in [2.05, 4.69) is 31.2 Å². The van der Waals surface area contributed by atoms with E-state index in [0.717, 1.165) is 90.1 Å². The van der Waals surface area contributed by atoms with Crippen LogP contribution in [0, 0.1) is 11.8 Å². The number of rotatable bonds is 18. The molecule has 256 valence electrons. The van der Waals surface area contributed by atoms with Crippen LogP contribution in [0.4, 0.5) is 0 Å². The van der Waals surface area contributed by atoms with Crippen LogP contribution in [0.1, 0.15) is 114 Å². The second-order valence-electron chi connectivity index (χ2n) is 12.8. The van der Waals surface area contributed by atoms with Crippen molar-refractivity contribution in [2.45, 2.75) is 134 Å². The van der Waals surface area contributed by atoms with E-state index in [0.29, 0.717) is 25.0 Å². The normalized spacial score (nSPS) is 27.6. The van der Waals surface area contributed by atoms with Gasteiger partial charge in [0.1, 0.15) is 6.10 Å². The Morgan fingerprint density at radius 1 is 0.935 bits per heavy atom. The Labute approximate surface area is 276 Å². The third kappa shape index (κ3) is 12.3. The maximum Gasteiger partial charge on any atom is 0.338 e. The second kappa shape index (κ2) is 20.7. The van der Waals surface area contributed by atoms with Gasteiger partial charge >= 0.3 is 11.9 Å². The van der Waals surface area contributed by atoms with Crippen LogP contribution in [0.3, 0.4) is 0 Å². The summed E-state index contributed by atoms with van der Waals surface area (Å²) in [4.78, 5) is 24.9. The molecule has 7 atom stereocenters. The molecule has 3 aliphatic rings. The lowest BCUT2D eigenvalue weighted by molar-refractivity contribution is -0.195. The zero-order valence-corrected chi connectivity index (χ0v) is 28.0. The highest BCUT2D eigenvalue weighted by atomic mass is 16.7. The predicted molar refractivity (Wildman–Crippen MR) is 177 cm³/mol. The predicted octanol–water partition coefficient (Wildman–Crippen LogP) is 8.10. The Bertz CT molecular complexity index is 1060. The lowest BCUT2D eigenvalue weighted by Crippen LogP contribution is -2.31. The van der Waals surface area contributed by atoms with Crippen molar-refractivity contribution in [1.29, 1.82) is 0 Å². The Morgan fingerprint density at radius 3 is 2.39 bits per heavy atom. The highest BCUT2D eigenvalue weighted by molar-refractivity contribution is 5.89. The molecule has 0 N–H and O–H groups in total. The van der Waals surface area contributed by atoms with E-state index in [1.807, 2.05) is 18.2 Å². The van der Waals surface area contributed by atoms with Crippen molar-refractivity contribution < 1.29 is 38.0 Å². The zero-order chi connectivity index (χ0) is 32.4. The average Bonchev–Trinajstić information content (AvgIpc) is 3.40. The minimum atomic E-state index is -0.350. The van der Waals surface area contributed by atoms with Gasteiger partial charge in [-0.15, -0.1) is 0 Å². The first-order chi connectivity index (χ1) is 22.6. The maximum atomic E-state index is 13.3. The Hall–Kier alpha value is -2.52. The average molecular weight is 641 g/mol. The van der Waals surface area contributed by atoms with E-state index in [4.69, 9.17) is 28.4 Å². The number of carbonyl (C=O) groups is 2. The van der Waals surface area contributed by atoms with E-state index in [1.54, 1.807) is 12.1 Å². The van der Waals surface area contributed by atoms with Crippen LogP contribution in [-0.2, 0) is 33.2 Å². The lowest BCUT2D eigenvalue weighted by Gasteiger charge is -2.30. The zero-order valence-electron chi connectivity index (χ0n) is 28.0. The fourth-order valence-electron chi connectivity index (χ4n) is 6.64. The molecule has 1 aromatic carbocycles. The summed E-state index contributed by atoms with van der Waals surface area (Å²) in [6.45, 7) is 3.66. The van der Waals surface area contributed by atoms with Gasteiger partial charge in [-0.2, -0.15) is 0 Å². The molecule has 0 spiro atoms. The van der Waals surface area contributed by atoms with Crippen molar-refractivity contribution in [3.8, 4) is 0 Å². The van der Waals surface area contributed by atoms with Crippen LogP contribution in [0.5, 0.6) is 0 Å². The maximum absolute atomic E-state index is 13.3. The van der Waals surface area contributed by atoms with Crippen LogP contribution in [-0.4, -0.2) is 63.2 Å². The number of unbranched alkanes of at least 4 members (excludes halogenated alkanes) is 3. The van der Waals surface area contributed by atoms with E-state index >= 15 is 0 Å². The van der Waals surface area contributed by atoms with E-state index in [1.165, 1.54) is 7.11 Å². The number of benzene rings is 1. The molecule has 8 nitrogen and oxygen atoms in total. The van der Waals surface area contributed by atoms with Crippen LogP contribution < -0.4 is 0 Å². The number of esters is 2. The Balaban J connectivity index is 1.55. The molecular weight excluding hydrogens is 584 g/mol. The molecule has 2 unspecified atom stereocenters. The molecule has 1 aromatic rings. The number of carbonyl (C=O) groups excluding carboxylic acids is 2. The molecule has 0 radical (unpaired) electrons. The van der Waals surface area contributed by atoms with Crippen LogP contribution in [0.2, 0.25) is 0 Å². The van der Waals surface area contributed by atoms with Crippen LogP contribution in [0.25, 0.3) is 0 Å². The topological polar surface area (TPSA) is 89.5 Å². The van der Waals surface area contributed by atoms with Gasteiger partial charge in [-0.1, -0.05) is 68.7 Å². The monoisotopic (exact) mass is 640 g/mol. The van der Waals surface area contributed by atoms with Crippen molar-refractivity contribution in [2.24, 2.45) is 11.8 Å². The molecule has 2 aliphatic heterocycles. The summed E-state index contributed by atoms with van der Waals surface area (Å²) >= 11 is 0. The van der Waals surface area contributed by atoms with Gasteiger partial charge in [-0.05, 0) is 82.3 Å². The lowest BCUT2D eigenvalue weighted by atomic mass is 9.89. The van der Waals surface area contributed by atoms with Gasteiger partial charge in [0.25, 0.3) is 0 Å². The first-order valence-electron chi connectivity index (χ1n) is 17.8.